The molecule has 0 radical (unpaired) electrons. The molecular formula is C5H11N3O2. The summed E-state index contributed by atoms with van der Waals surface area (Å²) in [6, 6.07) is -0.323. The Labute approximate surface area is 58.8 Å². The third-order valence-electron chi connectivity index (χ3n) is 1.57. The van der Waals surface area contributed by atoms with E-state index < -0.39 is 0 Å². The van der Waals surface area contributed by atoms with Crippen LogP contribution < -0.4 is 11.3 Å². The molecule has 1 atom stereocenters. The molecule has 1 unspecified atom stereocenters. The van der Waals surface area contributed by atoms with Crippen molar-refractivity contribution in [1.29, 1.82) is 0 Å². The molecule has 1 heterocycles. The molecule has 0 aromatic heterocycles. The van der Waals surface area contributed by atoms with Gasteiger partial charge in [-0.05, 0) is 6.42 Å². The number of β-amino-alcohol motifs (C(OH)–C–C–N with tert-alkyl or cyclic N) is 1. The zero-order valence-electron chi connectivity index (χ0n) is 5.58. The van der Waals surface area contributed by atoms with Crippen molar-refractivity contribution < 1.29 is 9.90 Å². The topological polar surface area (TPSA) is 78.6 Å². The summed E-state index contributed by atoms with van der Waals surface area (Å²) in [4.78, 5) is 12.2. The Morgan fingerprint density at radius 3 is 2.90 bits per heavy atom. The molecule has 2 amide bonds. The van der Waals surface area contributed by atoms with Crippen molar-refractivity contribution in [3.8, 4) is 0 Å². The number of nitrogens with one attached hydrogen (secondary N) is 1. The van der Waals surface area contributed by atoms with Gasteiger partial charge in [0.05, 0.1) is 6.10 Å². The van der Waals surface area contributed by atoms with E-state index in [0.717, 1.165) is 0 Å². The quantitative estimate of drug-likeness (QED) is 0.224. The number of nitrogens with zero attached hydrogens (tertiary/aromatic N) is 1. The minimum Gasteiger partial charge on any atom is -0.391 e. The van der Waals surface area contributed by atoms with E-state index in [2.05, 4.69) is 0 Å². The minimum absolute atomic E-state index is 0.323. The molecule has 5 nitrogen and oxygen atoms in total. The normalized spacial score (nSPS) is 25.0. The zero-order valence-corrected chi connectivity index (χ0v) is 5.58. The number of likely N-dealkylation sites (tertiary alicyclic amines) is 1. The Hall–Kier alpha value is -0.810. The number of rotatable bonds is 0. The maximum atomic E-state index is 10.7. The fourth-order valence-corrected chi connectivity index (χ4v) is 1.02. The van der Waals surface area contributed by atoms with Gasteiger partial charge < -0.3 is 10.0 Å². The summed E-state index contributed by atoms with van der Waals surface area (Å²) < 4.78 is 0. The molecule has 1 saturated heterocycles. The van der Waals surface area contributed by atoms with E-state index >= 15 is 0 Å². The Morgan fingerprint density at radius 2 is 2.50 bits per heavy atom. The summed E-state index contributed by atoms with van der Waals surface area (Å²) in [5.74, 6) is 4.87. The molecule has 4 N–H and O–H groups in total. The second kappa shape index (κ2) is 2.85. The second-order valence-electron chi connectivity index (χ2n) is 2.34. The van der Waals surface area contributed by atoms with Crippen molar-refractivity contribution in [2.75, 3.05) is 13.1 Å². The van der Waals surface area contributed by atoms with Gasteiger partial charge in [-0.2, -0.15) is 0 Å². The van der Waals surface area contributed by atoms with Gasteiger partial charge in [-0.1, -0.05) is 0 Å². The first-order chi connectivity index (χ1) is 4.74. The van der Waals surface area contributed by atoms with E-state index in [9.17, 15) is 4.79 Å². The summed E-state index contributed by atoms with van der Waals surface area (Å²) in [6.07, 6.45) is 0.269. The van der Waals surface area contributed by atoms with E-state index in [1.165, 1.54) is 4.90 Å². The number of nitrogens with two attached hydrogens (primary N) is 1. The van der Waals surface area contributed by atoms with Gasteiger partial charge in [-0.3, -0.25) is 5.43 Å². The van der Waals surface area contributed by atoms with Gasteiger partial charge in [0.2, 0.25) is 0 Å². The van der Waals surface area contributed by atoms with Gasteiger partial charge in [-0.15, -0.1) is 0 Å². The average molecular weight is 145 g/mol. The first-order valence-corrected chi connectivity index (χ1v) is 3.17. The van der Waals surface area contributed by atoms with E-state index in [1.807, 2.05) is 5.43 Å². The lowest BCUT2D eigenvalue weighted by atomic mass is 10.3. The van der Waals surface area contributed by atoms with E-state index in [1.54, 1.807) is 0 Å². The molecule has 0 spiro atoms. The van der Waals surface area contributed by atoms with Crippen LogP contribution in [-0.2, 0) is 0 Å². The Kier molecular flexibility index (Phi) is 2.08. The highest BCUT2D eigenvalue weighted by Crippen LogP contribution is 2.07. The van der Waals surface area contributed by atoms with Gasteiger partial charge in [0, 0.05) is 13.1 Å². The number of amides is 2. The molecular weight excluding hydrogens is 134 g/mol. The Bertz CT molecular complexity index is 139. The summed E-state index contributed by atoms with van der Waals surface area (Å²) >= 11 is 0. The first-order valence-electron chi connectivity index (χ1n) is 3.17. The van der Waals surface area contributed by atoms with Crippen molar-refractivity contribution in [3.63, 3.8) is 0 Å². The van der Waals surface area contributed by atoms with Crippen LogP contribution in [0.4, 0.5) is 4.79 Å². The number of hydrogen-bond donors (Lipinski definition) is 3. The van der Waals surface area contributed by atoms with Crippen LogP contribution in [0.5, 0.6) is 0 Å². The van der Waals surface area contributed by atoms with E-state index in [4.69, 9.17) is 10.9 Å². The molecule has 0 aliphatic carbocycles. The van der Waals surface area contributed by atoms with Crippen molar-refractivity contribution in [3.05, 3.63) is 0 Å². The number of hydrazine groups is 1. The monoisotopic (exact) mass is 145 g/mol. The molecule has 0 aromatic carbocycles. The summed E-state index contributed by atoms with van der Waals surface area (Å²) in [6.45, 7) is 0.979. The van der Waals surface area contributed by atoms with Crippen molar-refractivity contribution in [2.45, 2.75) is 12.5 Å². The van der Waals surface area contributed by atoms with Gasteiger partial charge in [0.25, 0.3) is 0 Å². The number of aliphatic hydroxyl groups is 1. The molecule has 0 bridgehead atoms. The zero-order chi connectivity index (χ0) is 7.56. The van der Waals surface area contributed by atoms with Crippen LogP contribution in [-0.4, -0.2) is 35.2 Å². The summed E-state index contributed by atoms with van der Waals surface area (Å²) in [5.41, 5.74) is 2.00. The lowest BCUT2D eigenvalue weighted by molar-refractivity contribution is 0.172. The molecule has 5 heteroatoms. The highest BCUT2D eigenvalue weighted by atomic mass is 16.3. The molecule has 0 aromatic rings. The fraction of sp³-hybridized carbons (Fsp3) is 0.800. The maximum absolute atomic E-state index is 10.7. The number of carbonyl (C=O) groups excluding carboxylic acids is 1. The number of aliphatic hydroxyl groups excluding tert-OH is 1. The van der Waals surface area contributed by atoms with Gasteiger partial charge in [0.15, 0.2) is 0 Å². The van der Waals surface area contributed by atoms with Crippen molar-refractivity contribution in [2.24, 2.45) is 5.84 Å². The van der Waals surface area contributed by atoms with Crippen LogP contribution in [0.3, 0.4) is 0 Å². The van der Waals surface area contributed by atoms with Gasteiger partial charge >= 0.3 is 6.03 Å². The van der Waals surface area contributed by atoms with E-state index in [0.29, 0.717) is 19.5 Å². The van der Waals surface area contributed by atoms with Crippen LogP contribution in [0.25, 0.3) is 0 Å². The second-order valence-corrected chi connectivity index (χ2v) is 2.34. The van der Waals surface area contributed by atoms with Crippen LogP contribution in [0, 0.1) is 0 Å². The standard InChI is InChI=1S/C5H11N3O2/c6-7-5(10)8-2-1-4(9)3-8/h4,9H,1-3,6H2,(H,7,10). The van der Waals surface area contributed by atoms with Gasteiger partial charge in [0.1, 0.15) is 0 Å². The third-order valence-corrected chi connectivity index (χ3v) is 1.57. The predicted molar refractivity (Wildman–Crippen MR) is 34.9 cm³/mol. The average Bonchev–Trinajstić information content (AvgIpc) is 2.34. The molecule has 1 rings (SSSR count). The predicted octanol–water partition coefficient (Wildman–Crippen LogP) is -1.36. The lowest BCUT2D eigenvalue weighted by Gasteiger charge is -2.13. The summed E-state index contributed by atoms with van der Waals surface area (Å²) in [7, 11) is 0. The van der Waals surface area contributed by atoms with Crippen LogP contribution in [0.2, 0.25) is 0 Å². The maximum Gasteiger partial charge on any atom is 0.331 e. The number of carbonyl (C=O) groups is 1. The third kappa shape index (κ3) is 1.37. The molecule has 0 saturated carbocycles. The molecule has 1 aliphatic heterocycles. The lowest BCUT2D eigenvalue weighted by Crippen LogP contribution is -2.42. The first kappa shape index (κ1) is 7.30. The van der Waals surface area contributed by atoms with Crippen LogP contribution in [0.15, 0.2) is 0 Å². The smallest absolute Gasteiger partial charge is 0.331 e. The Morgan fingerprint density at radius 1 is 1.80 bits per heavy atom. The van der Waals surface area contributed by atoms with E-state index in [-0.39, 0.29) is 12.1 Å². The molecule has 58 valence electrons. The number of hydrogen-bond acceptors (Lipinski definition) is 3. The van der Waals surface area contributed by atoms with Crippen LogP contribution in [0.1, 0.15) is 6.42 Å². The highest BCUT2D eigenvalue weighted by molar-refractivity contribution is 5.73. The minimum atomic E-state index is -0.378. The van der Waals surface area contributed by atoms with Crippen molar-refractivity contribution in [1.82, 2.24) is 10.3 Å². The molecule has 1 fully saturated rings. The highest BCUT2D eigenvalue weighted by Gasteiger charge is 2.23. The van der Waals surface area contributed by atoms with Crippen LogP contribution >= 0.6 is 0 Å². The van der Waals surface area contributed by atoms with Crippen molar-refractivity contribution >= 4 is 6.03 Å². The Balaban J connectivity index is 2.37. The van der Waals surface area contributed by atoms with Gasteiger partial charge in [-0.25, -0.2) is 10.6 Å². The number of urea groups is 1. The summed E-state index contributed by atoms with van der Waals surface area (Å²) in [5, 5.41) is 8.98. The molecule has 10 heavy (non-hydrogen) atoms. The fourth-order valence-electron chi connectivity index (χ4n) is 1.02. The molecule has 1 aliphatic rings. The SMILES string of the molecule is NNC(=O)N1CCC(O)C1. The largest absolute Gasteiger partial charge is 0.391 e.